The first-order valence-corrected chi connectivity index (χ1v) is 11.2. The molecule has 4 N–H and O–H groups in total. The smallest absolute Gasteiger partial charge is 0.256 e. The van der Waals surface area contributed by atoms with Crippen molar-refractivity contribution in [3.05, 3.63) is 83.2 Å². The van der Waals surface area contributed by atoms with Crippen LogP contribution in [0.15, 0.2) is 54.6 Å². The maximum Gasteiger partial charge on any atom is 0.256 e. The molecule has 0 saturated carbocycles. The lowest BCUT2D eigenvalue weighted by molar-refractivity contribution is -0.0706. The molecule has 0 unspecified atom stereocenters. The normalized spacial score (nSPS) is 13.9. The summed E-state index contributed by atoms with van der Waals surface area (Å²) < 4.78 is 42.7. The summed E-state index contributed by atoms with van der Waals surface area (Å²) in [5.74, 6) is -3.67. The molecular formula is C26H28F3N3O3. The number of likely N-dealkylation sites (tertiary alicyclic amines) is 1. The molecular weight excluding hydrogens is 459 g/mol. The van der Waals surface area contributed by atoms with Gasteiger partial charge in [0.15, 0.2) is 11.6 Å². The summed E-state index contributed by atoms with van der Waals surface area (Å²) in [5, 5.41) is 25.5. The van der Waals surface area contributed by atoms with E-state index in [4.69, 9.17) is 0 Å². The highest BCUT2D eigenvalue weighted by molar-refractivity contribution is 6.01. The Hall–Kier alpha value is -3.72. The molecule has 1 aliphatic rings. The number of rotatable bonds is 6. The number of aryl methyl sites for hydroxylation is 1. The summed E-state index contributed by atoms with van der Waals surface area (Å²) in [7, 11) is 0. The molecule has 0 aliphatic carbocycles. The van der Waals surface area contributed by atoms with Crippen LogP contribution in [0.2, 0.25) is 0 Å². The summed E-state index contributed by atoms with van der Waals surface area (Å²) in [6.45, 7) is 5.76. The molecule has 0 spiro atoms. The maximum absolute atomic E-state index is 14.6. The van der Waals surface area contributed by atoms with Gasteiger partial charge < -0.3 is 25.7 Å². The number of carbonyl (C=O) groups excluding carboxylic acids is 1. The number of amides is 1. The summed E-state index contributed by atoms with van der Waals surface area (Å²) in [6.07, 6.45) is 0. The second-order valence-corrected chi connectivity index (χ2v) is 8.18. The lowest BCUT2D eigenvalue weighted by Gasteiger charge is -2.46. The zero-order valence-corrected chi connectivity index (χ0v) is 19.7. The Labute approximate surface area is 202 Å². The van der Waals surface area contributed by atoms with Crippen molar-refractivity contribution in [1.82, 2.24) is 4.90 Å². The minimum Gasteiger partial charge on any atom is -0.508 e. The third-order valence-electron chi connectivity index (χ3n) is 5.46. The molecule has 35 heavy (non-hydrogen) atoms. The number of hydrogen-bond donors (Lipinski definition) is 4. The van der Waals surface area contributed by atoms with E-state index in [1.54, 1.807) is 25.1 Å². The average molecular weight is 488 g/mol. The Balaban J connectivity index is 0.00000167. The van der Waals surface area contributed by atoms with Crippen molar-refractivity contribution in [2.45, 2.75) is 26.4 Å². The molecule has 0 bridgehead atoms. The first-order valence-electron chi connectivity index (χ1n) is 11.2. The molecule has 3 aromatic rings. The van der Waals surface area contributed by atoms with Crippen LogP contribution in [0.4, 0.5) is 30.2 Å². The fraction of sp³-hybridized carbons (Fsp3) is 0.269. The van der Waals surface area contributed by atoms with Gasteiger partial charge in [0.1, 0.15) is 17.2 Å². The zero-order chi connectivity index (χ0) is 25.8. The number of phenolic OH excluding ortho intramolecular Hbond substituents is 1. The van der Waals surface area contributed by atoms with Crippen LogP contribution >= 0.6 is 0 Å². The molecule has 0 atom stereocenters. The highest BCUT2D eigenvalue weighted by Crippen LogP contribution is 2.31. The van der Waals surface area contributed by atoms with Crippen LogP contribution in [0.25, 0.3) is 0 Å². The largest absolute Gasteiger partial charge is 0.508 e. The average Bonchev–Trinajstić information content (AvgIpc) is 2.82. The van der Waals surface area contributed by atoms with Gasteiger partial charge >= 0.3 is 0 Å². The van der Waals surface area contributed by atoms with E-state index in [0.717, 1.165) is 12.1 Å². The number of carbonyl (C=O) groups is 1. The van der Waals surface area contributed by atoms with Crippen LogP contribution in [-0.4, -0.2) is 46.3 Å². The number of nitrogens with one attached hydrogen (secondary N) is 2. The van der Waals surface area contributed by atoms with E-state index in [-0.39, 0.29) is 36.6 Å². The van der Waals surface area contributed by atoms with E-state index in [0.29, 0.717) is 11.3 Å². The van der Waals surface area contributed by atoms with Crippen molar-refractivity contribution in [2.24, 2.45) is 0 Å². The van der Waals surface area contributed by atoms with Crippen LogP contribution in [0, 0.1) is 24.4 Å². The zero-order valence-electron chi connectivity index (χ0n) is 19.7. The summed E-state index contributed by atoms with van der Waals surface area (Å²) in [6, 6.07) is 12.4. The first-order chi connectivity index (χ1) is 16.6. The monoisotopic (exact) mass is 487 g/mol. The Bertz CT molecular complexity index is 1200. The number of anilines is 3. The molecule has 9 heteroatoms. The van der Waals surface area contributed by atoms with E-state index in [1.165, 1.54) is 29.2 Å². The summed E-state index contributed by atoms with van der Waals surface area (Å²) in [5.41, 5.74) is -0.642. The Morgan fingerprint density at radius 3 is 2.29 bits per heavy atom. The lowest BCUT2D eigenvalue weighted by Crippen LogP contribution is -2.66. The van der Waals surface area contributed by atoms with Crippen molar-refractivity contribution in [1.29, 1.82) is 0 Å². The second kappa shape index (κ2) is 10.7. The Morgan fingerprint density at radius 1 is 1.00 bits per heavy atom. The minimum atomic E-state index is -1.30. The molecule has 6 nitrogen and oxygen atoms in total. The number of aliphatic hydroxyl groups is 1. The van der Waals surface area contributed by atoms with Gasteiger partial charge in [0, 0.05) is 12.2 Å². The molecule has 1 aliphatic heterocycles. The fourth-order valence-electron chi connectivity index (χ4n) is 3.64. The topological polar surface area (TPSA) is 84.8 Å². The highest BCUT2D eigenvalue weighted by Gasteiger charge is 2.44. The van der Waals surface area contributed by atoms with E-state index in [1.807, 2.05) is 13.8 Å². The number of benzene rings is 3. The van der Waals surface area contributed by atoms with Gasteiger partial charge in [-0.05, 0) is 61.0 Å². The van der Waals surface area contributed by atoms with E-state index >= 15 is 0 Å². The molecule has 0 aromatic heterocycles. The van der Waals surface area contributed by atoms with Gasteiger partial charge in [-0.1, -0.05) is 19.9 Å². The predicted octanol–water partition coefficient (Wildman–Crippen LogP) is 5.19. The Morgan fingerprint density at radius 2 is 1.66 bits per heavy atom. The number of hydrogen-bond acceptors (Lipinski definition) is 5. The predicted molar refractivity (Wildman–Crippen MR) is 130 cm³/mol. The summed E-state index contributed by atoms with van der Waals surface area (Å²) in [4.78, 5) is 14.3. The molecule has 1 fully saturated rings. The van der Waals surface area contributed by atoms with Crippen LogP contribution in [-0.2, 0) is 0 Å². The molecule has 0 radical (unpaired) electrons. The van der Waals surface area contributed by atoms with Gasteiger partial charge in [0.2, 0.25) is 0 Å². The quantitative estimate of drug-likeness (QED) is 0.360. The van der Waals surface area contributed by atoms with Gasteiger partial charge in [0.25, 0.3) is 5.91 Å². The van der Waals surface area contributed by atoms with Gasteiger partial charge in [-0.15, -0.1) is 0 Å². The standard InChI is InChI=1S/C24H22F3N3O3.C2H6/c1-14-2-9-20(19(26)10-14)29-22-17(7-8-18(25)21(22)27)23(32)30-12-24(33,13-30)11-28-15-3-5-16(31)6-4-15;1-2/h2-10,28-29,31,33H,11-13H2,1H3;1-2H3. The van der Waals surface area contributed by atoms with Crippen LogP contribution in [0.3, 0.4) is 0 Å². The number of nitrogens with zero attached hydrogens (tertiary/aromatic N) is 1. The number of aromatic hydroxyl groups is 1. The molecule has 3 aromatic carbocycles. The van der Waals surface area contributed by atoms with Crippen molar-refractivity contribution in [3.63, 3.8) is 0 Å². The summed E-state index contributed by atoms with van der Waals surface area (Å²) >= 11 is 0. The molecule has 186 valence electrons. The van der Waals surface area contributed by atoms with Crippen LogP contribution < -0.4 is 10.6 Å². The number of β-amino-alcohol motifs (C(OH)–C–C–N with tert-alkyl or cyclic N) is 1. The first kappa shape index (κ1) is 25.9. The number of halogens is 3. The van der Waals surface area contributed by atoms with Gasteiger partial charge in [0.05, 0.1) is 30.0 Å². The van der Waals surface area contributed by atoms with Crippen LogP contribution in [0.5, 0.6) is 5.75 Å². The van der Waals surface area contributed by atoms with Crippen molar-refractivity contribution >= 4 is 23.0 Å². The van der Waals surface area contributed by atoms with E-state index in [2.05, 4.69) is 10.6 Å². The van der Waals surface area contributed by atoms with E-state index < -0.39 is 34.6 Å². The van der Waals surface area contributed by atoms with Crippen LogP contribution in [0.1, 0.15) is 29.8 Å². The van der Waals surface area contributed by atoms with Gasteiger partial charge in [-0.25, -0.2) is 13.2 Å². The van der Waals surface area contributed by atoms with Crippen molar-refractivity contribution in [2.75, 3.05) is 30.3 Å². The van der Waals surface area contributed by atoms with Crippen molar-refractivity contribution < 1.29 is 28.2 Å². The molecule has 4 rings (SSSR count). The molecule has 1 heterocycles. The molecule has 1 amide bonds. The Kier molecular flexibility index (Phi) is 7.91. The highest BCUT2D eigenvalue weighted by atomic mass is 19.2. The van der Waals surface area contributed by atoms with Gasteiger partial charge in [-0.3, -0.25) is 4.79 Å². The maximum atomic E-state index is 14.6. The SMILES string of the molecule is CC.Cc1ccc(Nc2c(C(=O)N3CC(O)(CNc4ccc(O)cc4)C3)ccc(F)c2F)c(F)c1. The lowest BCUT2D eigenvalue weighted by atomic mass is 9.92. The minimum absolute atomic E-state index is 0.0335. The third kappa shape index (κ3) is 5.86. The molecule has 1 saturated heterocycles. The van der Waals surface area contributed by atoms with E-state index in [9.17, 15) is 28.2 Å². The van der Waals surface area contributed by atoms with Crippen molar-refractivity contribution in [3.8, 4) is 5.75 Å². The third-order valence-corrected chi connectivity index (χ3v) is 5.46. The van der Waals surface area contributed by atoms with Gasteiger partial charge in [-0.2, -0.15) is 0 Å². The fourth-order valence-corrected chi connectivity index (χ4v) is 3.64. The number of phenols is 1. The second-order valence-electron chi connectivity index (χ2n) is 8.18.